The highest BCUT2D eigenvalue weighted by atomic mass is 16.5. The van der Waals surface area contributed by atoms with Crippen LogP contribution in [-0.4, -0.2) is 36.6 Å². The van der Waals surface area contributed by atoms with E-state index < -0.39 is 11.9 Å². The molecule has 6 heteroatoms. The first-order chi connectivity index (χ1) is 9.04. The predicted octanol–water partition coefficient (Wildman–Crippen LogP) is 0.607. The molecule has 0 saturated carbocycles. The van der Waals surface area contributed by atoms with E-state index in [2.05, 4.69) is 10.1 Å². The lowest BCUT2D eigenvalue weighted by Crippen LogP contribution is -2.28. The number of hydrogen-bond acceptors (Lipinski definition) is 4. The van der Waals surface area contributed by atoms with Gasteiger partial charge in [0.1, 0.15) is 0 Å². The number of aromatic carboxylic acids is 1. The molecule has 2 N–H and O–H groups in total. The molecule has 0 fully saturated rings. The van der Waals surface area contributed by atoms with E-state index in [1.807, 2.05) is 0 Å². The van der Waals surface area contributed by atoms with E-state index in [0.29, 0.717) is 5.56 Å². The Hall–Kier alpha value is -2.37. The van der Waals surface area contributed by atoms with Crippen LogP contribution in [0.1, 0.15) is 22.3 Å². The van der Waals surface area contributed by atoms with Crippen LogP contribution in [0, 0.1) is 0 Å². The van der Waals surface area contributed by atoms with Crippen LogP contribution in [0.3, 0.4) is 0 Å². The molecular weight excluding hydrogens is 250 g/mol. The van der Waals surface area contributed by atoms with Crippen LogP contribution < -0.4 is 5.32 Å². The summed E-state index contributed by atoms with van der Waals surface area (Å²) in [6.45, 7) is 0.167. The fourth-order valence-corrected chi connectivity index (χ4v) is 1.52. The van der Waals surface area contributed by atoms with Crippen molar-refractivity contribution in [3.8, 4) is 0 Å². The molecule has 1 rings (SSSR count). The largest absolute Gasteiger partial charge is 0.478 e. The van der Waals surface area contributed by atoms with Crippen LogP contribution in [0.25, 0.3) is 0 Å². The van der Waals surface area contributed by atoms with E-state index in [1.54, 1.807) is 18.2 Å². The maximum atomic E-state index is 11.6. The summed E-state index contributed by atoms with van der Waals surface area (Å²) in [5.41, 5.74) is 0.538. The third-order valence-corrected chi connectivity index (χ3v) is 2.48. The Morgan fingerprint density at radius 1 is 1.26 bits per heavy atom. The minimum absolute atomic E-state index is 0.0380. The van der Waals surface area contributed by atoms with E-state index in [1.165, 1.54) is 13.2 Å². The first kappa shape index (κ1) is 14.7. The molecular formula is C13H15NO5. The molecule has 0 aliphatic heterocycles. The first-order valence-corrected chi connectivity index (χ1v) is 5.69. The Labute approximate surface area is 110 Å². The van der Waals surface area contributed by atoms with E-state index in [-0.39, 0.29) is 30.9 Å². The molecule has 0 unspecified atom stereocenters. The van der Waals surface area contributed by atoms with Gasteiger partial charge in [-0.3, -0.25) is 9.59 Å². The Bertz CT molecular complexity index is 484. The number of hydrogen-bond donors (Lipinski definition) is 2. The van der Waals surface area contributed by atoms with Gasteiger partial charge in [-0.05, 0) is 11.6 Å². The normalized spacial score (nSPS) is 9.74. The quantitative estimate of drug-likeness (QED) is 0.735. The molecule has 0 atom stereocenters. The van der Waals surface area contributed by atoms with Gasteiger partial charge < -0.3 is 15.2 Å². The van der Waals surface area contributed by atoms with Crippen molar-refractivity contribution in [3.05, 3.63) is 35.4 Å². The van der Waals surface area contributed by atoms with E-state index in [9.17, 15) is 14.4 Å². The van der Waals surface area contributed by atoms with Gasteiger partial charge in [-0.15, -0.1) is 0 Å². The Kier molecular flexibility index (Phi) is 5.53. The monoisotopic (exact) mass is 265 g/mol. The number of amides is 1. The lowest BCUT2D eigenvalue weighted by atomic mass is 10.0. The van der Waals surface area contributed by atoms with E-state index in [0.717, 1.165) is 0 Å². The van der Waals surface area contributed by atoms with Gasteiger partial charge in [0, 0.05) is 6.54 Å². The Morgan fingerprint density at radius 3 is 2.58 bits per heavy atom. The summed E-state index contributed by atoms with van der Waals surface area (Å²) in [5, 5.41) is 11.5. The second-order valence-corrected chi connectivity index (χ2v) is 3.82. The SMILES string of the molecule is COC(=O)CCNC(=O)Cc1ccccc1C(=O)O. The smallest absolute Gasteiger partial charge is 0.335 e. The number of carbonyl (C=O) groups is 3. The van der Waals surface area contributed by atoms with Gasteiger partial charge in [-0.1, -0.05) is 18.2 Å². The second kappa shape index (κ2) is 7.15. The molecule has 1 aromatic rings. The lowest BCUT2D eigenvalue weighted by Gasteiger charge is -2.07. The van der Waals surface area contributed by atoms with Crippen molar-refractivity contribution in [2.45, 2.75) is 12.8 Å². The highest BCUT2D eigenvalue weighted by molar-refractivity contribution is 5.91. The molecule has 0 saturated heterocycles. The molecule has 0 bridgehead atoms. The fourth-order valence-electron chi connectivity index (χ4n) is 1.52. The van der Waals surface area contributed by atoms with Crippen molar-refractivity contribution in [1.29, 1.82) is 0 Å². The molecule has 1 amide bonds. The zero-order chi connectivity index (χ0) is 14.3. The fraction of sp³-hybridized carbons (Fsp3) is 0.308. The zero-order valence-electron chi connectivity index (χ0n) is 10.5. The van der Waals surface area contributed by atoms with Gasteiger partial charge in [-0.2, -0.15) is 0 Å². The number of carboxylic acid groups (broad SMARTS) is 1. The van der Waals surface area contributed by atoms with E-state index >= 15 is 0 Å². The number of nitrogens with one attached hydrogen (secondary N) is 1. The number of ether oxygens (including phenoxy) is 1. The van der Waals surface area contributed by atoms with Gasteiger partial charge >= 0.3 is 11.9 Å². The maximum Gasteiger partial charge on any atom is 0.335 e. The summed E-state index contributed by atoms with van der Waals surface area (Å²) in [7, 11) is 1.27. The highest BCUT2D eigenvalue weighted by Gasteiger charge is 2.12. The molecule has 0 aliphatic rings. The van der Waals surface area contributed by atoms with Crippen molar-refractivity contribution >= 4 is 17.8 Å². The summed E-state index contributed by atoms with van der Waals surface area (Å²) >= 11 is 0. The summed E-state index contributed by atoms with van der Waals surface area (Å²) in [6, 6.07) is 6.30. The highest BCUT2D eigenvalue weighted by Crippen LogP contribution is 2.09. The average molecular weight is 265 g/mol. The Morgan fingerprint density at radius 2 is 1.95 bits per heavy atom. The van der Waals surface area contributed by atoms with Crippen LogP contribution in [0.4, 0.5) is 0 Å². The summed E-state index contributed by atoms with van der Waals surface area (Å²) in [5.74, 6) is -1.82. The number of carbonyl (C=O) groups excluding carboxylic acids is 2. The van der Waals surface area contributed by atoms with Gasteiger partial charge in [0.25, 0.3) is 0 Å². The molecule has 19 heavy (non-hydrogen) atoms. The topological polar surface area (TPSA) is 92.7 Å². The third kappa shape index (κ3) is 4.79. The number of esters is 1. The van der Waals surface area contributed by atoms with Crippen LogP contribution in [-0.2, 0) is 20.7 Å². The molecule has 0 aromatic heterocycles. The van der Waals surface area contributed by atoms with Crippen LogP contribution in [0.2, 0.25) is 0 Å². The van der Waals surface area contributed by atoms with Crippen molar-refractivity contribution in [1.82, 2.24) is 5.32 Å². The minimum atomic E-state index is -1.07. The van der Waals surface area contributed by atoms with Crippen LogP contribution in [0.5, 0.6) is 0 Å². The van der Waals surface area contributed by atoms with Crippen molar-refractivity contribution in [3.63, 3.8) is 0 Å². The van der Waals surface area contributed by atoms with Gasteiger partial charge in [0.05, 0.1) is 25.5 Å². The summed E-state index contributed by atoms with van der Waals surface area (Å²) < 4.78 is 4.43. The number of rotatable bonds is 6. The molecule has 1 aromatic carbocycles. The average Bonchev–Trinajstić information content (AvgIpc) is 2.38. The third-order valence-electron chi connectivity index (χ3n) is 2.48. The number of methoxy groups -OCH3 is 1. The second-order valence-electron chi connectivity index (χ2n) is 3.82. The number of benzene rings is 1. The van der Waals surface area contributed by atoms with Crippen LogP contribution in [0.15, 0.2) is 24.3 Å². The number of carboxylic acids is 1. The van der Waals surface area contributed by atoms with Crippen molar-refractivity contribution in [2.75, 3.05) is 13.7 Å². The van der Waals surface area contributed by atoms with Crippen LogP contribution >= 0.6 is 0 Å². The summed E-state index contributed by atoms with van der Waals surface area (Å²) in [6.07, 6.45) is 0.0481. The molecule has 6 nitrogen and oxygen atoms in total. The van der Waals surface area contributed by atoms with Gasteiger partial charge in [-0.25, -0.2) is 4.79 Å². The van der Waals surface area contributed by atoms with Crippen molar-refractivity contribution < 1.29 is 24.2 Å². The molecule has 0 radical (unpaired) electrons. The Balaban J connectivity index is 2.53. The molecule has 0 spiro atoms. The zero-order valence-corrected chi connectivity index (χ0v) is 10.5. The van der Waals surface area contributed by atoms with Crippen molar-refractivity contribution in [2.24, 2.45) is 0 Å². The molecule has 0 aliphatic carbocycles. The lowest BCUT2D eigenvalue weighted by molar-refractivity contribution is -0.140. The van der Waals surface area contributed by atoms with Gasteiger partial charge in [0.2, 0.25) is 5.91 Å². The minimum Gasteiger partial charge on any atom is -0.478 e. The van der Waals surface area contributed by atoms with E-state index in [4.69, 9.17) is 5.11 Å². The maximum absolute atomic E-state index is 11.6. The van der Waals surface area contributed by atoms with Gasteiger partial charge in [0.15, 0.2) is 0 Å². The predicted molar refractivity (Wildman–Crippen MR) is 66.7 cm³/mol. The summed E-state index contributed by atoms with van der Waals surface area (Å²) in [4.78, 5) is 33.4. The molecule has 102 valence electrons. The molecule has 0 heterocycles. The standard InChI is InChI=1S/C13H15NO5/c1-19-12(16)6-7-14-11(15)8-9-4-2-3-5-10(9)13(17)18/h2-5H,6-8H2,1H3,(H,14,15)(H,17,18). The first-order valence-electron chi connectivity index (χ1n) is 5.69.